The lowest BCUT2D eigenvalue weighted by atomic mass is 9.98. The Morgan fingerprint density at radius 2 is 2.04 bits per heavy atom. The minimum Gasteiger partial charge on any atom is -0.481 e. The van der Waals surface area contributed by atoms with E-state index >= 15 is 0 Å². The van der Waals surface area contributed by atoms with Crippen molar-refractivity contribution in [2.45, 2.75) is 32.2 Å². The van der Waals surface area contributed by atoms with E-state index in [4.69, 9.17) is 16.7 Å². The maximum atomic E-state index is 12.3. The number of nitrogens with one attached hydrogen (secondary N) is 2. The van der Waals surface area contributed by atoms with Crippen LogP contribution in [0.15, 0.2) is 30.3 Å². The van der Waals surface area contributed by atoms with Crippen LogP contribution in [0.4, 0.5) is 0 Å². The van der Waals surface area contributed by atoms with E-state index in [1.165, 1.54) is 0 Å². The molecule has 2 rings (SSSR count). The van der Waals surface area contributed by atoms with Crippen LogP contribution in [0.2, 0.25) is 5.02 Å². The van der Waals surface area contributed by atoms with Crippen LogP contribution in [0.25, 0.3) is 11.3 Å². The normalized spacial score (nSPS) is 11.3. The molecule has 2 aromatic rings. The largest absolute Gasteiger partial charge is 0.481 e. The molecular weight excluding hydrogens is 318 g/mol. The van der Waals surface area contributed by atoms with E-state index in [1.54, 1.807) is 26.0 Å². The van der Waals surface area contributed by atoms with Crippen molar-refractivity contribution in [3.63, 3.8) is 0 Å². The number of amides is 1. The maximum Gasteiger partial charge on any atom is 0.303 e. The summed E-state index contributed by atoms with van der Waals surface area (Å²) < 4.78 is 0. The first-order valence-corrected chi connectivity index (χ1v) is 7.51. The summed E-state index contributed by atoms with van der Waals surface area (Å²) in [4.78, 5) is 22.9. The lowest BCUT2D eigenvalue weighted by Crippen LogP contribution is -2.43. The summed E-state index contributed by atoms with van der Waals surface area (Å²) in [6.45, 7) is 3.55. The van der Waals surface area contributed by atoms with E-state index < -0.39 is 11.5 Å². The van der Waals surface area contributed by atoms with Gasteiger partial charge in [0.2, 0.25) is 0 Å². The van der Waals surface area contributed by atoms with Crippen molar-refractivity contribution in [2.24, 2.45) is 0 Å². The van der Waals surface area contributed by atoms with E-state index in [2.05, 4.69) is 15.5 Å². The van der Waals surface area contributed by atoms with E-state index in [0.717, 1.165) is 5.56 Å². The second-order valence-electron chi connectivity index (χ2n) is 5.88. The molecule has 0 saturated carbocycles. The number of aromatic nitrogens is 2. The first kappa shape index (κ1) is 17.0. The summed E-state index contributed by atoms with van der Waals surface area (Å²) in [6, 6.07) is 8.84. The van der Waals surface area contributed by atoms with Gasteiger partial charge in [-0.2, -0.15) is 5.10 Å². The number of H-pyrrole nitrogens is 1. The fourth-order valence-corrected chi connectivity index (χ4v) is 2.33. The zero-order valence-corrected chi connectivity index (χ0v) is 13.6. The quantitative estimate of drug-likeness (QED) is 0.755. The van der Waals surface area contributed by atoms with Gasteiger partial charge in [0.15, 0.2) is 0 Å². The van der Waals surface area contributed by atoms with Crippen LogP contribution >= 0.6 is 11.6 Å². The number of rotatable bonds is 6. The SMILES string of the molecule is CC(C)(CCC(=O)O)NC(=O)c1cc(-c2ccccc2Cl)n[nH]1. The molecule has 0 spiro atoms. The molecule has 1 aromatic carbocycles. The van der Waals surface area contributed by atoms with Crippen molar-refractivity contribution in [3.05, 3.63) is 41.0 Å². The van der Waals surface area contributed by atoms with Crippen LogP contribution in [-0.4, -0.2) is 32.7 Å². The highest BCUT2D eigenvalue weighted by atomic mass is 35.5. The predicted octanol–water partition coefficient (Wildman–Crippen LogP) is 3.10. The Kier molecular flexibility index (Phi) is 5.05. The highest BCUT2D eigenvalue weighted by Crippen LogP contribution is 2.26. The van der Waals surface area contributed by atoms with Gasteiger partial charge >= 0.3 is 5.97 Å². The number of nitrogens with zero attached hydrogens (tertiary/aromatic N) is 1. The molecule has 0 aliphatic carbocycles. The number of benzene rings is 1. The molecule has 0 bridgehead atoms. The molecule has 0 radical (unpaired) electrons. The van der Waals surface area contributed by atoms with Gasteiger partial charge in [-0.25, -0.2) is 0 Å². The molecule has 1 amide bonds. The highest BCUT2D eigenvalue weighted by Gasteiger charge is 2.23. The molecule has 0 fully saturated rings. The van der Waals surface area contributed by atoms with Gasteiger partial charge in [-0.15, -0.1) is 0 Å². The number of carbonyl (C=O) groups is 2. The van der Waals surface area contributed by atoms with Gasteiger partial charge in [-0.3, -0.25) is 14.7 Å². The molecule has 7 heteroatoms. The Morgan fingerprint density at radius 1 is 1.35 bits per heavy atom. The summed E-state index contributed by atoms with van der Waals surface area (Å²) in [6.07, 6.45) is 0.320. The predicted molar refractivity (Wildman–Crippen MR) is 87.4 cm³/mol. The standard InChI is InChI=1S/C16H18ClN3O3/c1-16(2,8-7-14(21)22)18-15(23)13-9-12(19-20-13)10-5-3-4-6-11(10)17/h3-6,9H,7-8H2,1-2H3,(H,18,23)(H,19,20)(H,21,22). The molecule has 122 valence electrons. The molecule has 6 nitrogen and oxygen atoms in total. The summed E-state index contributed by atoms with van der Waals surface area (Å²) in [5, 5.41) is 18.9. The second kappa shape index (κ2) is 6.83. The number of carbonyl (C=O) groups excluding carboxylic acids is 1. The van der Waals surface area contributed by atoms with Crippen molar-refractivity contribution in [1.82, 2.24) is 15.5 Å². The molecule has 3 N–H and O–H groups in total. The average molecular weight is 336 g/mol. The van der Waals surface area contributed by atoms with Crippen molar-refractivity contribution < 1.29 is 14.7 Å². The third-order valence-corrected chi connectivity index (χ3v) is 3.72. The highest BCUT2D eigenvalue weighted by molar-refractivity contribution is 6.33. The summed E-state index contributed by atoms with van der Waals surface area (Å²) in [5.41, 5.74) is 0.965. The number of aromatic amines is 1. The smallest absolute Gasteiger partial charge is 0.303 e. The van der Waals surface area contributed by atoms with Gasteiger partial charge in [0.1, 0.15) is 5.69 Å². The third-order valence-electron chi connectivity index (χ3n) is 3.39. The van der Waals surface area contributed by atoms with Gasteiger partial charge in [-0.05, 0) is 32.4 Å². The number of aliphatic carboxylic acids is 1. The fourth-order valence-electron chi connectivity index (χ4n) is 2.10. The Morgan fingerprint density at radius 3 is 2.70 bits per heavy atom. The Balaban J connectivity index is 2.10. The zero-order chi connectivity index (χ0) is 17.0. The van der Waals surface area contributed by atoms with Crippen LogP contribution in [0.1, 0.15) is 37.2 Å². The van der Waals surface area contributed by atoms with Gasteiger partial charge < -0.3 is 10.4 Å². The van der Waals surface area contributed by atoms with Crippen molar-refractivity contribution >= 4 is 23.5 Å². The average Bonchev–Trinajstić information content (AvgIpc) is 2.95. The third kappa shape index (κ3) is 4.56. The van der Waals surface area contributed by atoms with Gasteiger partial charge in [0, 0.05) is 17.5 Å². The van der Waals surface area contributed by atoms with Crippen molar-refractivity contribution in [1.29, 1.82) is 0 Å². The summed E-state index contributed by atoms with van der Waals surface area (Å²) >= 11 is 6.11. The van der Waals surface area contributed by atoms with E-state index in [-0.39, 0.29) is 12.3 Å². The summed E-state index contributed by atoms with van der Waals surface area (Å²) in [7, 11) is 0. The van der Waals surface area contributed by atoms with Crippen LogP contribution in [0.3, 0.4) is 0 Å². The van der Waals surface area contributed by atoms with Crippen LogP contribution in [0.5, 0.6) is 0 Å². The first-order chi connectivity index (χ1) is 10.8. The Hall–Kier alpha value is -2.34. The first-order valence-electron chi connectivity index (χ1n) is 7.13. The molecule has 0 saturated heterocycles. The lowest BCUT2D eigenvalue weighted by Gasteiger charge is -2.25. The minimum absolute atomic E-state index is 0.0128. The van der Waals surface area contributed by atoms with Crippen molar-refractivity contribution in [3.8, 4) is 11.3 Å². The molecule has 0 atom stereocenters. The molecule has 1 heterocycles. The number of carboxylic acid groups (broad SMARTS) is 1. The molecule has 0 aliphatic heterocycles. The van der Waals surface area contributed by atoms with Gasteiger partial charge in [0.05, 0.1) is 10.7 Å². The van der Waals surface area contributed by atoms with Gasteiger partial charge in [0.25, 0.3) is 5.91 Å². The Bertz CT molecular complexity index is 725. The van der Waals surface area contributed by atoms with Crippen LogP contribution in [0, 0.1) is 0 Å². The zero-order valence-electron chi connectivity index (χ0n) is 12.9. The molecular formula is C16H18ClN3O3. The maximum absolute atomic E-state index is 12.3. The number of hydrogen-bond acceptors (Lipinski definition) is 3. The number of halogens is 1. The Labute approximate surface area is 138 Å². The molecule has 1 aromatic heterocycles. The van der Waals surface area contributed by atoms with Crippen molar-refractivity contribution in [2.75, 3.05) is 0 Å². The van der Waals surface area contributed by atoms with E-state index in [0.29, 0.717) is 22.8 Å². The monoisotopic (exact) mass is 335 g/mol. The second-order valence-corrected chi connectivity index (χ2v) is 6.29. The number of carboxylic acids is 1. The van der Waals surface area contributed by atoms with E-state index in [9.17, 15) is 9.59 Å². The van der Waals surface area contributed by atoms with Gasteiger partial charge in [-0.1, -0.05) is 29.8 Å². The molecule has 0 aliphatic rings. The number of hydrogen-bond donors (Lipinski definition) is 3. The molecule has 23 heavy (non-hydrogen) atoms. The minimum atomic E-state index is -0.894. The van der Waals surface area contributed by atoms with Crippen LogP contribution < -0.4 is 5.32 Å². The molecule has 0 unspecified atom stereocenters. The topological polar surface area (TPSA) is 95.1 Å². The lowest BCUT2D eigenvalue weighted by molar-refractivity contribution is -0.137. The van der Waals surface area contributed by atoms with Crippen LogP contribution in [-0.2, 0) is 4.79 Å². The summed E-state index contributed by atoms with van der Waals surface area (Å²) in [5.74, 6) is -1.24. The fraction of sp³-hybridized carbons (Fsp3) is 0.312. The van der Waals surface area contributed by atoms with E-state index in [1.807, 2.05) is 18.2 Å².